The highest BCUT2D eigenvalue weighted by Crippen LogP contribution is 2.44. The molecule has 1 aromatic heterocycles. The molecule has 3 atom stereocenters. The van der Waals surface area contributed by atoms with Crippen molar-refractivity contribution in [3.05, 3.63) is 16.9 Å². The smallest absolute Gasteiger partial charge is 0.0820 e. The maximum absolute atomic E-state index is 6.45. The summed E-state index contributed by atoms with van der Waals surface area (Å²) in [7, 11) is 0. The molecule has 1 aliphatic carbocycles. The third kappa shape index (κ3) is 3.20. The van der Waals surface area contributed by atoms with Crippen LogP contribution < -0.4 is 5.73 Å². The second-order valence-electron chi connectivity index (χ2n) is 6.49. The van der Waals surface area contributed by atoms with Gasteiger partial charge in [0.1, 0.15) is 0 Å². The molecule has 0 saturated heterocycles. The summed E-state index contributed by atoms with van der Waals surface area (Å²) < 4.78 is 2.10. The average molecular weight is 298 g/mol. The molecule has 3 nitrogen and oxygen atoms in total. The zero-order chi connectivity index (χ0) is 14.7. The number of hydrogen-bond acceptors (Lipinski definition) is 2. The molecule has 2 N–H and O–H groups in total. The third-order valence-electron chi connectivity index (χ3n) is 4.73. The van der Waals surface area contributed by atoms with Gasteiger partial charge in [0.25, 0.3) is 0 Å². The molecule has 0 aromatic carbocycles. The van der Waals surface area contributed by atoms with Gasteiger partial charge < -0.3 is 5.73 Å². The van der Waals surface area contributed by atoms with Crippen LogP contribution in [-0.4, -0.2) is 16.3 Å². The quantitative estimate of drug-likeness (QED) is 0.876. The molecule has 20 heavy (non-hydrogen) atoms. The lowest BCUT2D eigenvalue weighted by Gasteiger charge is -2.36. The van der Waals surface area contributed by atoms with Crippen LogP contribution in [0, 0.1) is 11.8 Å². The summed E-state index contributed by atoms with van der Waals surface area (Å²) in [5.41, 5.74) is 7.24. The second kappa shape index (κ2) is 6.95. The van der Waals surface area contributed by atoms with Crippen LogP contribution in [0.1, 0.15) is 70.5 Å². The summed E-state index contributed by atoms with van der Waals surface area (Å²) in [5.74, 6) is 1.84. The van der Waals surface area contributed by atoms with Crippen molar-refractivity contribution in [2.75, 3.05) is 6.54 Å². The number of rotatable bonds is 5. The Bertz CT molecular complexity index is 427. The van der Waals surface area contributed by atoms with Crippen LogP contribution in [-0.2, 0) is 0 Å². The average Bonchev–Trinajstić information content (AvgIpc) is 2.81. The first kappa shape index (κ1) is 15.8. The Hall–Kier alpha value is -0.540. The number of nitrogens with zero attached hydrogens (tertiary/aromatic N) is 2. The minimum absolute atomic E-state index is 0.350. The normalized spacial score (nSPS) is 27.2. The van der Waals surface area contributed by atoms with E-state index in [1.807, 2.05) is 0 Å². The fourth-order valence-electron chi connectivity index (χ4n) is 3.72. The molecule has 0 amide bonds. The van der Waals surface area contributed by atoms with E-state index in [1.165, 1.54) is 37.8 Å². The van der Waals surface area contributed by atoms with Crippen LogP contribution in [0.15, 0.2) is 6.20 Å². The molecule has 0 radical (unpaired) electrons. The van der Waals surface area contributed by atoms with E-state index in [2.05, 4.69) is 30.6 Å². The van der Waals surface area contributed by atoms with Gasteiger partial charge in [0.15, 0.2) is 0 Å². The molecule has 1 saturated carbocycles. The minimum Gasteiger partial charge on any atom is -0.330 e. The Balaban J connectivity index is 2.29. The standard InChI is InChI=1S/C16H28ClN3/c1-4-5-12-6-7-13(9-18)14(8-12)16-15(17)10-19-20(16)11(2)3/h10-14H,4-9,18H2,1-3H3. The summed E-state index contributed by atoms with van der Waals surface area (Å²) in [6, 6.07) is 0.350. The third-order valence-corrected chi connectivity index (χ3v) is 5.02. The highest BCUT2D eigenvalue weighted by atomic mass is 35.5. The lowest BCUT2D eigenvalue weighted by molar-refractivity contribution is 0.220. The lowest BCUT2D eigenvalue weighted by atomic mass is 9.71. The fraction of sp³-hybridized carbons (Fsp3) is 0.812. The Morgan fingerprint density at radius 1 is 1.45 bits per heavy atom. The zero-order valence-electron chi connectivity index (χ0n) is 13.0. The highest BCUT2D eigenvalue weighted by molar-refractivity contribution is 6.31. The van der Waals surface area contributed by atoms with E-state index in [0.717, 1.165) is 17.5 Å². The monoisotopic (exact) mass is 297 g/mol. The van der Waals surface area contributed by atoms with Crippen molar-refractivity contribution in [2.24, 2.45) is 17.6 Å². The number of aromatic nitrogens is 2. The van der Waals surface area contributed by atoms with Crippen molar-refractivity contribution in [3.8, 4) is 0 Å². The van der Waals surface area contributed by atoms with Crippen LogP contribution in [0.4, 0.5) is 0 Å². The van der Waals surface area contributed by atoms with Crippen molar-refractivity contribution in [1.82, 2.24) is 9.78 Å². The van der Waals surface area contributed by atoms with Gasteiger partial charge in [0.05, 0.1) is 16.9 Å². The van der Waals surface area contributed by atoms with Crippen molar-refractivity contribution in [1.29, 1.82) is 0 Å². The number of halogens is 1. The summed E-state index contributed by atoms with van der Waals surface area (Å²) >= 11 is 6.45. The van der Waals surface area contributed by atoms with Crippen LogP contribution >= 0.6 is 11.6 Å². The van der Waals surface area contributed by atoms with Gasteiger partial charge in [-0.05, 0) is 45.1 Å². The topological polar surface area (TPSA) is 43.8 Å². The molecular formula is C16H28ClN3. The van der Waals surface area contributed by atoms with Gasteiger partial charge in [-0.1, -0.05) is 37.8 Å². The van der Waals surface area contributed by atoms with Gasteiger partial charge >= 0.3 is 0 Å². The summed E-state index contributed by atoms with van der Waals surface area (Å²) in [6.07, 6.45) is 8.15. The Kier molecular flexibility index (Phi) is 5.50. The van der Waals surface area contributed by atoms with Crippen molar-refractivity contribution >= 4 is 11.6 Å². The van der Waals surface area contributed by atoms with Gasteiger partial charge in [-0.3, -0.25) is 4.68 Å². The molecule has 0 spiro atoms. The first-order valence-corrected chi connectivity index (χ1v) is 8.39. The van der Waals surface area contributed by atoms with E-state index in [-0.39, 0.29) is 0 Å². The molecule has 4 heteroatoms. The first-order chi connectivity index (χ1) is 9.58. The van der Waals surface area contributed by atoms with Crippen molar-refractivity contribution in [3.63, 3.8) is 0 Å². The van der Waals surface area contributed by atoms with E-state index in [4.69, 9.17) is 17.3 Å². The zero-order valence-corrected chi connectivity index (χ0v) is 13.7. The van der Waals surface area contributed by atoms with E-state index in [9.17, 15) is 0 Å². The molecule has 0 aliphatic heterocycles. The van der Waals surface area contributed by atoms with E-state index >= 15 is 0 Å². The van der Waals surface area contributed by atoms with Crippen LogP contribution in [0.2, 0.25) is 5.02 Å². The minimum atomic E-state index is 0.350. The largest absolute Gasteiger partial charge is 0.330 e. The Labute approximate surface area is 127 Å². The second-order valence-corrected chi connectivity index (χ2v) is 6.89. The predicted octanol–water partition coefficient (Wildman–Crippen LogP) is 4.38. The van der Waals surface area contributed by atoms with Gasteiger partial charge in [0, 0.05) is 12.0 Å². The SMILES string of the molecule is CCCC1CCC(CN)C(c2c(Cl)cnn2C(C)C)C1. The van der Waals surface area contributed by atoms with Gasteiger partial charge in [-0.15, -0.1) is 0 Å². The Morgan fingerprint density at radius 2 is 2.20 bits per heavy atom. The molecule has 3 unspecified atom stereocenters. The fourth-order valence-corrected chi connectivity index (χ4v) is 3.99. The first-order valence-electron chi connectivity index (χ1n) is 8.01. The highest BCUT2D eigenvalue weighted by Gasteiger charge is 2.34. The molecule has 1 fully saturated rings. The van der Waals surface area contributed by atoms with E-state index in [1.54, 1.807) is 6.20 Å². The molecule has 1 aromatic rings. The van der Waals surface area contributed by atoms with Crippen LogP contribution in [0.5, 0.6) is 0 Å². The van der Waals surface area contributed by atoms with Crippen molar-refractivity contribution < 1.29 is 0 Å². The molecule has 1 heterocycles. The van der Waals surface area contributed by atoms with Gasteiger partial charge in [-0.2, -0.15) is 5.10 Å². The number of hydrogen-bond donors (Lipinski definition) is 1. The summed E-state index contributed by atoms with van der Waals surface area (Å²) in [6.45, 7) is 7.35. The molecule has 1 aliphatic rings. The lowest BCUT2D eigenvalue weighted by Crippen LogP contribution is -2.31. The molecule has 2 rings (SSSR count). The maximum Gasteiger partial charge on any atom is 0.0820 e. The van der Waals surface area contributed by atoms with Gasteiger partial charge in [-0.25, -0.2) is 0 Å². The van der Waals surface area contributed by atoms with E-state index in [0.29, 0.717) is 17.9 Å². The van der Waals surface area contributed by atoms with Crippen molar-refractivity contribution in [2.45, 2.75) is 64.8 Å². The Morgan fingerprint density at radius 3 is 2.80 bits per heavy atom. The maximum atomic E-state index is 6.45. The molecule has 114 valence electrons. The summed E-state index contributed by atoms with van der Waals surface area (Å²) in [4.78, 5) is 0. The van der Waals surface area contributed by atoms with Crippen LogP contribution in [0.3, 0.4) is 0 Å². The predicted molar refractivity (Wildman–Crippen MR) is 85.2 cm³/mol. The molecule has 0 bridgehead atoms. The van der Waals surface area contributed by atoms with Gasteiger partial charge in [0.2, 0.25) is 0 Å². The summed E-state index contributed by atoms with van der Waals surface area (Å²) in [5, 5.41) is 5.29. The molecular weight excluding hydrogens is 270 g/mol. The van der Waals surface area contributed by atoms with Crippen LogP contribution in [0.25, 0.3) is 0 Å². The number of nitrogens with two attached hydrogens (primary N) is 1. The van der Waals surface area contributed by atoms with E-state index < -0.39 is 0 Å².